The van der Waals surface area contributed by atoms with Crippen molar-refractivity contribution in [3.05, 3.63) is 29.8 Å². The second-order valence-corrected chi connectivity index (χ2v) is 7.32. The molecule has 1 atom stereocenters. The van der Waals surface area contributed by atoms with Gasteiger partial charge < -0.3 is 15.1 Å². The van der Waals surface area contributed by atoms with E-state index in [0.29, 0.717) is 0 Å². The fraction of sp³-hybridized carbons (Fsp3) is 0.684. The molecule has 1 unspecified atom stereocenters. The number of para-hydroxylation sites is 1. The Bertz CT molecular complexity index is 487. The minimum atomic E-state index is 0.768. The zero-order chi connectivity index (χ0) is 14.8. The number of nitrogens with one attached hydrogen (secondary N) is 1. The number of benzene rings is 1. The molecule has 1 N–H and O–H groups in total. The summed E-state index contributed by atoms with van der Waals surface area (Å²) in [6.07, 6.45) is 6.71. The van der Waals surface area contributed by atoms with Crippen molar-refractivity contribution in [2.45, 2.75) is 38.1 Å². The van der Waals surface area contributed by atoms with Crippen LogP contribution in [0.25, 0.3) is 0 Å². The lowest BCUT2D eigenvalue weighted by Crippen LogP contribution is -2.47. The summed E-state index contributed by atoms with van der Waals surface area (Å²) >= 11 is 0. The smallest absolute Gasteiger partial charge is 0.0402 e. The number of fused-ring (bicyclic) bond motifs is 1. The Morgan fingerprint density at radius 3 is 2.73 bits per heavy atom. The first kappa shape index (κ1) is 14.5. The van der Waals surface area contributed by atoms with Crippen LogP contribution in [0.15, 0.2) is 24.3 Å². The summed E-state index contributed by atoms with van der Waals surface area (Å²) in [7, 11) is 0. The largest absolute Gasteiger partial charge is 0.368 e. The van der Waals surface area contributed by atoms with Crippen LogP contribution in [0.1, 0.15) is 31.2 Å². The zero-order valence-electron chi connectivity index (χ0n) is 13.6. The number of likely N-dealkylation sites (tertiary alicyclic amines) is 1. The Hall–Kier alpha value is -1.06. The van der Waals surface area contributed by atoms with E-state index in [4.69, 9.17) is 0 Å². The molecule has 3 heterocycles. The van der Waals surface area contributed by atoms with E-state index in [1.807, 2.05) is 0 Å². The molecule has 0 aliphatic carbocycles. The van der Waals surface area contributed by atoms with Gasteiger partial charge in [0.15, 0.2) is 0 Å². The monoisotopic (exact) mass is 299 g/mol. The summed E-state index contributed by atoms with van der Waals surface area (Å²) in [4.78, 5) is 5.41. The molecule has 0 aromatic heterocycles. The highest BCUT2D eigenvalue weighted by molar-refractivity contribution is 5.58. The molecule has 0 spiro atoms. The van der Waals surface area contributed by atoms with Crippen molar-refractivity contribution in [3.8, 4) is 0 Å². The van der Waals surface area contributed by atoms with Crippen LogP contribution in [-0.4, -0.2) is 50.2 Å². The van der Waals surface area contributed by atoms with Crippen LogP contribution in [-0.2, 0) is 6.42 Å². The number of hydrogen-bond acceptors (Lipinski definition) is 3. The lowest BCUT2D eigenvalue weighted by atomic mass is 9.96. The average molecular weight is 299 g/mol. The van der Waals surface area contributed by atoms with Gasteiger partial charge in [-0.25, -0.2) is 0 Å². The topological polar surface area (TPSA) is 18.5 Å². The van der Waals surface area contributed by atoms with E-state index in [1.54, 1.807) is 5.56 Å². The Kier molecular flexibility index (Phi) is 4.35. The van der Waals surface area contributed by atoms with Crippen LogP contribution in [0.3, 0.4) is 0 Å². The van der Waals surface area contributed by atoms with Gasteiger partial charge in [-0.2, -0.15) is 0 Å². The van der Waals surface area contributed by atoms with E-state index in [9.17, 15) is 0 Å². The molecular formula is C19H29N3. The summed E-state index contributed by atoms with van der Waals surface area (Å²) < 4.78 is 0. The van der Waals surface area contributed by atoms with E-state index in [1.165, 1.54) is 77.1 Å². The predicted molar refractivity (Wildman–Crippen MR) is 92.5 cm³/mol. The van der Waals surface area contributed by atoms with Gasteiger partial charge >= 0.3 is 0 Å². The van der Waals surface area contributed by atoms with Gasteiger partial charge in [-0.1, -0.05) is 18.2 Å². The Morgan fingerprint density at radius 1 is 1.05 bits per heavy atom. The van der Waals surface area contributed by atoms with Gasteiger partial charge in [-0.3, -0.25) is 0 Å². The van der Waals surface area contributed by atoms with Crippen molar-refractivity contribution in [1.82, 2.24) is 10.2 Å². The van der Waals surface area contributed by atoms with Gasteiger partial charge in [0.2, 0.25) is 0 Å². The van der Waals surface area contributed by atoms with Crippen molar-refractivity contribution < 1.29 is 0 Å². The molecule has 2 fully saturated rings. The maximum atomic E-state index is 3.55. The lowest BCUT2D eigenvalue weighted by Gasteiger charge is -2.39. The van der Waals surface area contributed by atoms with Gasteiger partial charge in [0.05, 0.1) is 0 Å². The van der Waals surface area contributed by atoms with Gasteiger partial charge in [-0.05, 0) is 62.7 Å². The second-order valence-electron chi connectivity index (χ2n) is 7.32. The minimum absolute atomic E-state index is 0.768. The van der Waals surface area contributed by atoms with E-state index in [0.717, 1.165) is 12.0 Å². The van der Waals surface area contributed by atoms with Crippen molar-refractivity contribution >= 4 is 5.69 Å². The highest BCUT2D eigenvalue weighted by atomic mass is 15.2. The van der Waals surface area contributed by atoms with Crippen molar-refractivity contribution in [3.63, 3.8) is 0 Å². The standard InChI is InChI=1S/C19H29N3/c1-2-6-19-17(5-1)7-13-22(19)18-8-11-21(12-9-18)15-16-4-3-10-20-14-16/h1-2,5-6,16,18,20H,3-4,7-15H2. The molecule has 3 heteroatoms. The Morgan fingerprint density at radius 2 is 1.91 bits per heavy atom. The van der Waals surface area contributed by atoms with Gasteiger partial charge in [0.25, 0.3) is 0 Å². The van der Waals surface area contributed by atoms with Gasteiger partial charge in [0, 0.05) is 37.9 Å². The Labute approximate surface area is 134 Å². The quantitative estimate of drug-likeness (QED) is 0.925. The molecule has 120 valence electrons. The first-order valence-corrected chi connectivity index (χ1v) is 9.18. The molecule has 3 nitrogen and oxygen atoms in total. The molecule has 4 rings (SSSR count). The van der Waals surface area contributed by atoms with E-state index < -0.39 is 0 Å². The lowest BCUT2D eigenvalue weighted by molar-refractivity contribution is 0.168. The molecule has 0 saturated carbocycles. The zero-order valence-corrected chi connectivity index (χ0v) is 13.6. The van der Waals surface area contributed by atoms with Crippen molar-refractivity contribution in [2.24, 2.45) is 5.92 Å². The molecular weight excluding hydrogens is 270 g/mol. The molecule has 0 radical (unpaired) electrons. The third-order valence-electron chi connectivity index (χ3n) is 5.84. The SMILES string of the molecule is c1ccc2c(c1)CCN2C1CCN(CC2CCCNC2)CC1. The van der Waals surface area contributed by atoms with Crippen LogP contribution in [0, 0.1) is 5.92 Å². The normalized spacial score (nSPS) is 27.1. The number of nitrogens with zero attached hydrogens (tertiary/aromatic N) is 2. The van der Waals surface area contributed by atoms with E-state index >= 15 is 0 Å². The molecule has 0 amide bonds. The molecule has 3 aliphatic heterocycles. The molecule has 2 saturated heterocycles. The summed E-state index contributed by atoms with van der Waals surface area (Å²) in [5.41, 5.74) is 3.07. The number of piperidine rings is 2. The van der Waals surface area contributed by atoms with Crippen LogP contribution in [0.4, 0.5) is 5.69 Å². The second kappa shape index (κ2) is 6.59. The number of rotatable bonds is 3. The van der Waals surface area contributed by atoms with Crippen LogP contribution < -0.4 is 10.2 Å². The van der Waals surface area contributed by atoms with Crippen LogP contribution in [0.5, 0.6) is 0 Å². The third-order valence-corrected chi connectivity index (χ3v) is 5.84. The predicted octanol–water partition coefficient (Wildman–Crippen LogP) is 2.51. The number of hydrogen-bond donors (Lipinski definition) is 1. The van der Waals surface area contributed by atoms with Crippen molar-refractivity contribution in [2.75, 3.05) is 44.2 Å². The summed E-state index contributed by atoms with van der Waals surface area (Å²) in [6, 6.07) is 9.78. The molecule has 0 bridgehead atoms. The maximum Gasteiger partial charge on any atom is 0.0402 e. The summed E-state index contributed by atoms with van der Waals surface area (Å²) in [6.45, 7) is 7.60. The summed E-state index contributed by atoms with van der Waals surface area (Å²) in [5, 5.41) is 3.55. The highest BCUT2D eigenvalue weighted by Crippen LogP contribution is 2.32. The van der Waals surface area contributed by atoms with Gasteiger partial charge in [0.1, 0.15) is 0 Å². The molecule has 3 aliphatic rings. The highest BCUT2D eigenvalue weighted by Gasteiger charge is 2.29. The third kappa shape index (κ3) is 3.02. The first-order valence-electron chi connectivity index (χ1n) is 9.18. The number of anilines is 1. The van der Waals surface area contributed by atoms with E-state index in [2.05, 4.69) is 39.4 Å². The fourth-order valence-corrected chi connectivity index (χ4v) is 4.60. The fourth-order valence-electron chi connectivity index (χ4n) is 4.60. The van der Waals surface area contributed by atoms with Crippen LogP contribution in [0.2, 0.25) is 0 Å². The first-order chi connectivity index (χ1) is 10.9. The summed E-state index contributed by atoms with van der Waals surface area (Å²) in [5.74, 6) is 0.887. The van der Waals surface area contributed by atoms with Crippen molar-refractivity contribution in [1.29, 1.82) is 0 Å². The average Bonchev–Trinajstić information content (AvgIpc) is 3.01. The maximum absolute atomic E-state index is 3.55. The van der Waals surface area contributed by atoms with E-state index in [-0.39, 0.29) is 0 Å². The molecule has 1 aromatic rings. The molecule has 22 heavy (non-hydrogen) atoms. The van der Waals surface area contributed by atoms with Gasteiger partial charge in [-0.15, -0.1) is 0 Å². The molecule has 1 aromatic carbocycles. The minimum Gasteiger partial charge on any atom is -0.368 e. The van der Waals surface area contributed by atoms with Crippen LogP contribution >= 0.6 is 0 Å². The Balaban J connectivity index is 1.31.